The van der Waals surface area contributed by atoms with E-state index in [9.17, 15) is 4.79 Å². The fourth-order valence-electron chi connectivity index (χ4n) is 1.54. The van der Waals surface area contributed by atoms with Crippen LogP contribution in [0.4, 0.5) is 5.95 Å². The van der Waals surface area contributed by atoms with Crippen molar-refractivity contribution in [3.8, 4) is 0 Å². The van der Waals surface area contributed by atoms with E-state index in [2.05, 4.69) is 15.3 Å². The summed E-state index contributed by atoms with van der Waals surface area (Å²) in [5, 5.41) is 2.82. The second-order valence-electron chi connectivity index (χ2n) is 3.79. The molecular formula is C11H14N4OS. The molecule has 0 aliphatic carbocycles. The van der Waals surface area contributed by atoms with Crippen molar-refractivity contribution < 1.29 is 4.79 Å². The molecule has 0 radical (unpaired) electrons. The zero-order chi connectivity index (χ0) is 12.4. The van der Waals surface area contributed by atoms with E-state index >= 15 is 0 Å². The number of anilines is 1. The van der Waals surface area contributed by atoms with Gasteiger partial charge in [0.05, 0.1) is 6.54 Å². The zero-order valence-electron chi connectivity index (χ0n) is 9.70. The van der Waals surface area contributed by atoms with Crippen LogP contribution in [0.25, 0.3) is 0 Å². The highest BCUT2D eigenvalue weighted by Gasteiger charge is 2.13. The number of aryl methyl sites for hydroxylation is 2. The van der Waals surface area contributed by atoms with Gasteiger partial charge in [0.25, 0.3) is 5.91 Å². The smallest absolute Gasteiger partial charge is 0.272 e. The molecule has 0 aromatic carbocycles. The Labute approximate surface area is 103 Å². The molecule has 4 N–H and O–H groups in total. The van der Waals surface area contributed by atoms with Crippen LogP contribution < -0.4 is 11.1 Å². The molecule has 0 bridgehead atoms. The summed E-state index contributed by atoms with van der Waals surface area (Å²) in [7, 11) is 0. The first-order valence-corrected chi connectivity index (χ1v) is 6.03. The minimum atomic E-state index is -0.207. The van der Waals surface area contributed by atoms with Gasteiger partial charge in [-0.3, -0.25) is 4.79 Å². The molecule has 1 amide bonds. The van der Waals surface area contributed by atoms with Gasteiger partial charge in [-0.1, -0.05) is 0 Å². The summed E-state index contributed by atoms with van der Waals surface area (Å²) >= 11 is 1.67. The minimum absolute atomic E-state index is 0.207. The summed E-state index contributed by atoms with van der Waals surface area (Å²) in [5.41, 5.74) is 6.52. The molecule has 2 rings (SSSR count). The number of carbonyl (C=O) groups excluding carboxylic acids is 1. The Balaban J connectivity index is 2.00. The lowest BCUT2D eigenvalue weighted by Gasteiger charge is -2.01. The summed E-state index contributed by atoms with van der Waals surface area (Å²) in [5.74, 6) is 0.0566. The fourth-order valence-corrected chi connectivity index (χ4v) is 2.37. The number of nitrogens with one attached hydrogen (secondary N) is 2. The standard InChI is InChI=1S/C11H14N4OS/c1-6-3-4-8(17-6)5-13-10(16)9-7(2)14-11(12)15-9/h3-4H,5H2,1-2H3,(H,13,16)(H3,12,14,15). The van der Waals surface area contributed by atoms with Gasteiger partial charge in [-0.25, -0.2) is 4.98 Å². The van der Waals surface area contributed by atoms with Gasteiger partial charge in [0, 0.05) is 15.4 Å². The molecule has 0 aliphatic heterocycles. The quantitative estimate of drug-likeness (QED) is 0.773. The number of nitrogen functional groups attached to an aromatic ring is 1. The van der Waals surface area contributed by atoms with Crippen LogP contribution in [0, 0.1) is 13.8 Å². The van der Waals surface area contributed by atoms with Gasteiger partial charge in [0.15, 0.2) is 11.6 Å². The first kappa shape index (κ1) is 11.7. The number of hydrogen-bond donors (Lipinski definition) is 3. The van der Waals surface area contributed by atoms with Gasteiger partial charge in [-0.2, -0.15) is 0 Å². The molecular weight excluding hydrogens is 236 g/mol. The molecule has 2 heterocycles. The second-order valence-corrected chi connectivity index (χ2v) is 5.16. The number of rotatable bonds is 3. The zero-order valence-corrected chi connectivity index (χ0v) is 10.5. The highest BCUT2D eigenvalue weighted by Crippen LogP contribution is 2.14. The van der Waals surface area contributed by atoms with Crippen molar-refractivity contribution >= 4 is 23.2 Å². The van der Waals surface area contributed by atoms with Crippen molar-refractivity contribution in [2.24, 2.45) is 0 Å². The molecule has 6 heteroatoms. The van der Waals surface area contributed by atoms with Crippen molar-refractivity contribution in [3.63, 3.8) is 0 Å². The van der Waals surface area contributed by atoms with Crippen LogP contribution in [0.5, 0.6) is 0 Å². The van der Waals surface area contributed by atoms with Crippen LogP contribution in [0.3, 0.4) is 0 Å². The van der Waals surface area contributed by atoms with E-state index in [1.54, 1.807) is 18.3 Å². The van der Waals surface area contributed by atoms with E-state index in [1.165, 1.54) is 4.88 Å². The Kier molecular flexibility index (Phi) is 3.14. The monoisotopic (exact) mass is 250 g/mol. The number of nitrogens with two attached hydrogens (primary N) is 1. The lowest BCUT2D eigenvalue weighted by atomic mass is 10.3. The van der Waals surface area contributed by atoms with E-state index < -0.39 is 0 Å². The lowest BCUT2D eigenvalue weighted by molar-refractivity contribution is 0.0946. The number of aromatic nitrogens is 2. The van der Waals surface area contributed by atoms with E-state index in [0.717, 1.165) is 4.88 Å². The molecule has 17 heavy (non-hydrogen) atoms. The third-order valence-electron chi connectivity index (χ3n) is 2.34. The van der Waals surface area contributed by atoms with Crippen molar-refractivity contribution in [2.75, 3.05) is 5.73 Å². The number of H-pyrrole nitrogens is 1. The molecule has 0 fully saturated rings. The molecule has 5 nitrogen and oxygen atoms in total. The van der Waals surface area contributed by atoms with Crippen LogP contribution in [0.2, 0.25) is 0 Å². The first-order valence-electron chi connectivity index (χ1n) is 5.22. The van der Waals surface area contributed by atoms with Crippen LogP contribution in [0.15, 0.2) is 12.1 Å². The minimum Gasteiger partial charge on any atom is -0.369 e. The number of amides is 1. The third-order valence-corrected chi connectivity index (χ3v) is 3.34. The number of carbonyl (C=O) groups is 1. The average Bonchev–Trinajstić information content (AvgIpc) is 2.81. The molecule has 2 aromatic rings. The highest BCUT2D eigenvalue weighted by molar-refractivity contribution is 7.11. The second kappa shape index (κ2) is 4.58. The molecule has 0 saturated heterocycles. The third kappa shape index (κ3) is 2.65. The Morgan fingerprint density at radius 1 is 1.53 bits per heavy atom. The maximum absolute atomic E-state index is 11.8. The number of nitrogens with zero attached hydrogens (tertiary/aromatic N) is 1. The Morgan fingerprint density at radius 3 is 2.82 bits per heavy atom. The molecule has 0 aliphatic rings. The summed E-state index contributed by atoms with van der Waals surface area (Å²) in [4.78, 5) is 20.9. The van der Waals surface area contributed by atoms with E-state index in [-0.39, 0.29) is 11.9 Å². The number of aromatic amines is 1. The fraction of sp³-hybridized carbons (Fsp3) is 0.273. The maximum atomic E-state index is 11.8. The van der Waals surface area contributed by atoms with Crippen LogP contribution in [-0.2, 0) is 6.54 Å². The number of imidazole rings is 1. The van der Waals surface area contributed by atoms with Crippen LogP contribution >= 0.6 is 11.3 Å². The van der Waals surface area contributed by atoms with Crippen LogP contribution in [-0.4, -0.2) is 15.9 Å². The molecule has 0 spiro atoms. The maximum Gasteiger partial charge on any atom is 0.272 e. The molecule has 0 atom stereocenters. The van der Waals surface area contributed by atoms with Gasteiger partial charge in [-0.05, 0) is 26.0 Å². The number of thiophene rings is 1. The van der Waals surface area contributed by atoms with Crippen molar-refractivity contribution in [1.82, 2.24) is 15.3 Å². The van der Waals surface area contributed by atoms with Crippen molar-refractivity contribution in [3.05, 3.63) is 33.3 Å². The first-order chi connectivity index (χ1) is 8.06. The summed E-state index contributed by atoms with van der Waals surface area (Å²) in [6, 6.07) is 4.04. The predicted octanol–water partition coefficient (Wildman–Crippen LogP) is 1.60. The van der Waals surface area contributed by atoms with Crippen LogP contribution in [0.1, 0.15) is 25.9 Å². The summed E-state index contributed by atoms with van der Waals surface area (Å²) in [6.07, 6.45) is 0. The van der Waals surface area contributed by atoms with E-state index in [0.29, 0.717) is 17.9 Å². The molecule has 0 unspecified atom stereocenters. The molecule has 0 saturated carbocycles. The Hall–Kier alpha value is -1.82. The van der Waals surface area contributed by atoms with E-state index in [4.69, 9.17) is 5.73 Å². The summed E-state index contributed by atoms with van der Waals surface area (Å²) in [6.45, 7) is 4.33. The average molecular weight is 250 g/mol. The van der Waals surface area contributed by atoms with Gasteiger partial charge >= 0.3 is 0 Å². The normalized spacial score (nSPS) is 10.5. The Morgan fingerprint density at radius 2 is 2.29 bits per heavy atom. The highest BCUT2D eigenvalue weighted by atomic mass is 32.1. The van der Waals surface area contributed by atoms with Gasteiger partial charge in [-0.15, -0.1) is 11.3 Å². The molecule has 2 aromatic heterocycles. The van der Waals surface area contributed by atoms with Crippen molar-refractivity contribution in [2.45, 2.75) is 20.4 Å². The summed E-state index contributed by atoms with van der Waals surface area (Å²) < 4.78 is 0. The largest absolute Gasteiger partial charge is 0.369 e. The van der Waals surface area contributed by atoms with E-state index in [1.807, 2.05) is 19.1 Å². The predicted molar refractivity (Wildman–Crippen MR) is 68.0 cm³/mol. The number of hydrogen-bond acceptors (Lipinski definition) is 4. The van der Waals surface area contributed by atoms with Gasteiger partial charge < -0.3 is 16.0 Å². The lowest BCUT2D eigenvalue weighted by Crippen LogP contribution is -2.23. The Bertz CT molecular complexity index is 543. The topological polar surface area (TPSA) is 83.8 Å². The SMILES string of the molecule is Cc1ccc(CNC(=O)c2nc(N)[nH]c2C)s1. The van der Waals surface area contributed by atoms with Gasteiger partial charge in [0.1, 0.15) is 0 Å². The molecule has 90 valence electrons. The van der Waals surface area contributed by atoms with Gasteiger partial charge in [0.2, 0.25) is 0 Å². The van der Waals surface area contributed by atoms with Crippen molar-refractivity contribution in [1.29, 1.82) is 0 Å².